The summed E-state index contributed by atoms with van der Waals surface area (Å²) in [4.78, 5) is 54.0. The molecule has 3 saturated heterocycles. The highest BCUT2D eigenvalue weighted by atomic mass is 16.5. The molecule has 4 unspecified atom stereocenters. The van der Waals surface area contributed by atoms with E-state index in [0.717, 1.165) is 134 Å². The van der Waals surface area contributed by atoms with E-state index >= 15 is 0 Å². The highest BCUT2D eigenvalue weighted by Gasteiger charge is 2.41. The summed E-state index contributed by atoms with van der Waals surface area (Å²) in [5.74, 6) is 1.17. The number of hydrogen-bond acceptors (Lipinski definition) is 11. The molecule has 6 aromatic rings. The Morgan fingerprint density at radius 3 is 2.50 bits per heavy atom. The Morgan fingerprint density at radius 1 is 0.941 bits per heavy atom. The van der Waals surface area contributed by atoms with E-state index in [2.05, 4.69) is 69.1 Å². The molecule has 3 aliphatic heterocycles. The number of H-pyrrole nitrogens is 1. The van der Waals surface area contributed by atoms with Crippen molar-refractivity contribution in [3.63, 3.8) is 0 Å². The Hall–Kier alpha value is -6.15. The molecule has 3 N–H and O–H groups in total. The molecule has 3 aromatic carbocycles. The van der Waals surface area contributed by atoms with Crippen LogP contribution < -0.4 is 20.3 Å². The number of rotatable bonds is 15. The van der Waals surface area contributed by atoms with E-state index in [1.165, 1.54) is 34.2 Å². The van der Waals surface area contributed by atoms with Crippen LogP contribution in [0.2, 0.25) is 0 Å². The predicted molar refractivity (Wildman–Crippen MR) is 266 cm³/mol. The third-order valence-electron chi connectivity index (χ3n) is 15.8. The fourth-order valence-corrected chi connectivity index (χ4v) is 12.2. The van der Waals surface area contributed by atoms with E-state index in [4.69, 9.17) is 19.8 Å². The molecule has 2 saturated carbocycles. The molecule has 0 spiro atoms. The summed E-state index contributed by atoms with van der Waals surface area (Å²) in [6.07, 6.45) is 15.6. The summed E-state index contributed by atoms with van der Waals surface area (Å²) in [6.45, 7) is 10.5. The zero-order valence-electron chi connectivity index (χ0n) is 40.1. The minimum absolute atomic E-state index is 0.104. The number of nitrogens with zero attached hydrogens (tertiary/aromatic N) is 7. The molecule has 5 fully saturated rings. The maximum Gasteiger partial charge on any atom is 0.319 e. The molecule has 6 heterocycles. The lowest BCUT2D eigenvalue weighted by molar-refractivity contribution is -0.139. The van der Waals surface area contributed by atoms with Crippen molar-refractivity contribution in [1.29, 1.82) is 0 Å². The lowest BCUT2D eigenvalue weighted by atomic mass is 9.84. The first-order chi connectivity index (χ1) is 33.1. The number of benzene rings is 3. The summed E-state index contributed by atoms with van der Waals surface area (Å²) < 4.78 is 8.53. The summed E-state index contributed by atoms with van der Waals surface area (Å²) in [5, 5.41) is 22.0. The number of fused-ring (bicyclic) bond motifs is 4. The number of nitrogens with one attached hydrogen (secondary N) is 3. The van der Waals surface area contributed by atoms with Crippen LogP contribution in [-0.4, -0.2) is 104 Å². The summed E-state index contributed by atoms with van der Waals surface area (Å²) in [6, 6.07) is 13.4. The van der Waals surface area contributed by atoms with E-state index in [0.29, 0.717) is 49.0 Å². The summed E-state index contributed by atoms with van der Waals surface area (Å²) >= 11 is 0. The zero-order valence-corrected chi connectivity index (χ0v) is 40.1. The van der Waals surface area contributed by atoms with E-state index in [-0.39, 0.29) is 23.6 Å². The molecule has 0 radical (unpaired) electrons. The van der Waals surface area contributed by atoms with Crippen molar-refractivity contribution in [2.75, 3.05) is 36.9 Å². The molecule has 1 amide bonds. The molecule has 14 heteroatoms. The molecule has 2 aliphatic carbocycles. The van der Waals surface area contributed by atoms with Crippen LogP contribution in [0, 0.1) is 19.8 Å². The molecule has 5 aliphatic rings. The van der Waals surface area contributed by atoms with E-state index in [9.17, 15) is 14.4 Å². The summed E-state index contributed by atoms with van der Waals surface area (Å²) in [7, 11) is 1.90. The molecule has 4 atom stereocenters. The van der Waals surface area contributed by atoms with Crippen LogP contribution in [0.5, 0.6) is 6.01 Å². The standard InChI is InChI=1S/C54H64N10O4/c1-30(2)51(53(67)62-21-9-10-36(62)28-65)64-32(4)48(46(29-66)61-64)39-18-14-33(22-45(39)55-5)15-19-40-49(47-31(3)13-20-44-43(47)26-57-60-44)41(34-16-17-34)24-42-50(40)58-54(68-38-11-7-6-8-12-38)59-52(42)63-27-35-23-37(63)25-56-35/h13-14,18,20,22,24,26,28-30,34-38,51,55-56H,6-12,15-17,19,21,23,25,27H2,1-5H3,(H,57,60). The first-order valence-corrected chi connectivity index (χ1v) is 25.2. The van der Waals surface area contributed by atoms with Crippen molar-refractivity contribution in [2.24, 2.45) is 5.92 Å². The SMILES string of the molecule is CNc1cc(CCc2c(-c3c(C)ccc4[nH]ncc34)c(C3CC3)cc3c(N4CC5CC4CN5)nc(OC4CCCCC4)nc23)ccc1-c1c(C=O)nn(C(C(=O)N2CCCC2C=O)C(C)C)c1C. The summed E-state index contributed by atoms with van der Waals surface area (Å²) in [5.41, 5.74) is 12.7. The normalized spacial score (nSPS) is 21.1. The number of carbonyl (C=O) groups is 3. The van der Waals surface area contributed by atoms with Crippen LogP contribution >= 0.6 is 0 Å². The van der Waals surface area contributed by atoms with Crippen LogP contribution in [-0.2, 0) is 22.4 Å². The van der Waals surface area contributed by atoms with Crippen LogP contribution in [0.3, 0.4) is 0 Å². The highest BCUT2D eigenvalue weighted by Crippen LogP contribution is 2.51. The quantitative estimate of drug-likeness (QED) is 0.0844. The molecule has 11 rings (SSSR count). The van der Waals surface area contributed by atoms with Crippen molar-refractivity contribution < 1.29 is 19.1 Å². The number of likely N-dealkylation sites (tertiary alicyclic amines) is 1. The van der Waals surface area contributed by atoms with E-state index < -0.39 is 12.1 Å². The van der Waals surface area contributed by atoms with Gasteiger partial charge in [0.15, 0.2) is 6.29 Å². The molecule has 2 bridgehead atoms. The molecular weight excluding hydrogens is 853 g/mol. The fourth-order valence-electron chi connectivity index (χ4n) is 12.2. The number of anilines is 2. The number of carbonyl (C=O) groups excluding carboxylic acids is 3. The van der Waals surface area contributed by atoms with Gasteiger partial charge in [0, 0.05) is 72.0 Å². The Morgan fingerprint density at radius 2 is 1.78 bits per heavy atom. The lowest BCUT2D eigenvalue weighted by Gasteiger charge is -2.31. The third-order valence-corrected chi connectivity index (χ3v) is 15.8. The number of hydrogen-bond donors (Lipinski definition) is 3. The molecule has 68 heavy (non-hydrogen) atoms. The van der Waals surface area contributed by atoms with Gasteiger partial charge in [0.1, 0.15) is 29.9 Å². The van der Waals surface area contributed by atoms with Gasteiger partial charge in [-0.05, 0) is 148 Å². The van der Waals surface area contributed by atoms with Gasteiger partial charge in [0.05, 0.1) is 23.3 Å². The van der Waals surface area contributed by atoms with Crippen LogP contribution in [0.4, 0.5) is 11.5 Å². The number of aldehydes is 2. The van der Waals surface area contributed by atoms with Gasteiger partial charge in [-0.25, -0.2) is 0 Å². The number of aromatic nitrogens is 6. The number of piperazine rings is 1. The van der Waals surface area contributed by atoms with E-state index in [1.807, 2.05) is 34.0 Å². The average molecular weight is 917 g/mol. The Labute approximate surface area is 398 Å². The van der Waals surface area contributed by atoms with Gasteiger partial charge in [0.25, 0.3) is 0 Å². The second-order valence-electron chi connectivity index (χ2n) is 20.5. The monoisotopic (exact) mass is 917 g/mol. The van der Waals surface area contributed by atoms with Gasteiger partial charge < -0.3 is 30.0 Å². The Bertz CT molecular complexity index is 2930. The number of aryl methyl sites for hydroxylation is 3. The largest absolute Gasteiger partial charge is 0.460 e. The molecule has 3 aromatic heterocycles. The second-order valence-corrected chi connectivity index (χ2v) is 20.5. The number of aromatic amines is 1. The van der Waals surface area contributed by atoms with Crippen molar-refractivity contribution in [1.82, 2.24) is 40.2 Å². The molecule has 14 nitrogen and oxygen atoms in total. The maximum absolute atomic E-state index is 14.1. The smallest absolute Gasteiger partial charge is 0.319 e. The second kappa shape index (κ2) is 18.1. The predicted octanol–water partition coefficient (Wildman–Crippen LogP) is 8.82. The van der Waals surface area contributed by atoms with Gasteiger partial charge in [-0.2, -0.15) is 20.2 Å². The first kappa shape index (κ1) is 44.4. The minimum Gasteiger partial charge on any atom is -0.460 e. The topological polar surface area (TPSA) is 163 Å². The first-order valence-electron chi connectivity index (χ1n) is 25.2. The Balaban J connectivity index is 1.03. The zero-order chi connectivity index (χ0) is 46.8. The van der Waals surface area contributed by atoms with Crippen molar-refractivity contribution >= 4 is 51.8 Å². The van der Waals surface area contributed by atoms with Gasteiger partial charge >= 0.3 is 6.01 Å². The minimum atomic E-state index is -0.664. The molecule has 354 valence electrons. The van der Waals surface area contributed by atoms with Crippen LogP contribution in [0.1, 0.15) is 128 Å². The number of amides is 1. The maximum atomic E-state index is 14.1. The van der Waals surface area contributed by atoms with Crippen molar-refractivity contribution in [3.05, 3.63) is 76.2 Å². The average Bonchev–Trinajstić information content (AvgIpc) is 3.82. The van der Waals surface area contributed by atoms with Crippen LogP contribution in [0.25, 0.3) is 44.1 Å². The van der Waals surface area contributed by atoms with Crippen molar-refractivity contribution in [2.45, 2.75) is 141 Å². The van der Waals surface area contributed by atoms with Gasteiger partial charge in [-0.1, -0.05) is 38.5 Å². The number of ether oxygens (including phenoxy) is 1. The Kier molecular flexibility index (Phi) is 11.8. The third kappa shape index (κ3) is 7.82. The lowest BCUT2D eigenvalue weighted by Crippen LogP contribution is -2.44. The van der Waals surface area contributed by atoms with E-state index in [1.54, 1.807) is 9.58 Å². The van der Waals surface area contributed by atoms with Gasteiger partial charge in [0.2, 0.25) is 5.91 Å². The van der Waals surface area contributed by atoms with Gasteiger partial charge in [-0.15, -0.1) is 0 Å². The van der Waals surface area contributed by atoms with Crippen LogP contribution in [0.15, 0.2) is 42.6 Å². The van der Waals surface area contributed by atoms with Gasteiger partial charge in [-0.3, -0.25) is 19.4 Å². The van der Waals surface area contributed by atoms with Crippen molar-refractivity contribution in [3.8, 4) is 28.3 Å². The molecular formula is C54H64N10O4. The highest BCUT2D eigenvalue weighted by molar-refractivity contribution is 6.04. The fraction of sp³-hybridized carbons (Fsp3) is 0.500.